The van der Waals surface area contributed by atoms with Crippen molar-refractivity contribution in [3.05, 3.63) is 30.0 Å². The Morgan fingerprint density at radius 1 is 0.938 bits per heavy atom. The number of hydrogen-bond acceptors (Lipinski definition) is 9. The highest BCUT2D eigenvalue weighted by Crippen LogP contribution is 2.31. The molecule has 0 unspecified atom stereocenters. The zero-order valence-corrected chi connectivity index (χ0v) is 18.4. The molecule has 0 atom stereocenters. The van der Waals surface area contributed by atoms with Crippen LogP contribution in [0.5, 0.6) is 11.5 Å². The maximum absolute atomic E-state index is 12.0. The summed E-state index contributed by atoms with van der Waals surface area (Å²) in [5.41, 5.74) is 0.208. The quantitative estimate of drug-likeness (QED) is 0.205. The summed E-state index contributed by atoms with van der Waals surface area (Å²) < 4.78 is 21.4. The van der Waals surface area contributed by atoms with Crippen LogP contribution < -0.4 is 25.4 Å². The second kappa shape index (κ2) is 11.0. The normalized spacial score (nSPS) is 14.6. The highest BCUT2D eigenvalue weighted by molar-refractivity contribution is 6.15. The van der Waals surface area contributed by atoms with E-state index in [1.54, 1.807) is 18.2 Å². The van der Waals surface area contributed by atoms with Gasteiger partial charge in [0.05, 0.1) is 13.1 Å². The van der Waals surface area contributed by atoms with Gasteiger partial charge >= 0.3 is 11.9 Å². The molecule has 1 aromatic rings. The second-order valence-electron chi connectivity index (χ2n) is 7.21. The molecule has 1 heterocycles. The summed E-state index contributed by atoms with van der Waals surface area (Å²) in [6.07, 6.45) is 1.19. The SMILES string of the molecule is CC(=O)NCCOc1ccc(NC=C2C(=O)OC(C)(C)OC2=O)cc1OCCNC(C)=O. The molecule has 0 spiro atoms. The standard InChI is InChI=1S/C21H27N3O8/c1-13(25)22-7-9-29-17-6-5-15(11-18(17)30-10-8-23-14(2)26)24-12-16-19(27)31-21(3,4)32-20(16)28/h5-6,11-12,24H,7-10H2,1-4H3,(H,22,25)(H,23,26). The highest BCUT2D eigenvalue weighted by atomic mass is 16.7. The lowest BCUT2D eigenvalue weighted by molar-refractivity contribution is -0.222. The van der Waals surface area contributed by atoms with Crippen LogP contribution in [0.3, 0.4) is 0 Å². The maximum Gasteiger partial charge on any atom is 0.350 e. The number of nitrogens with one attached hydrogen (secondary N) is 3. The van der Waals surface area contributed by atoms with Gasteiger partial charge in [0, 0.05) is 45.6 Å². The summed E-state index contributed by atoms with van der Waals surface area (Å²) in [5.74, 6) is -2.51. The average Bonchev–Trinajstić information content (AvgIpc) is 2.67. The summed E-state index contributed by atoms with van der Waals surface area (Å²) in [6, 6.07) is 4.87. The molecule has 3 N–H and O–H groups in total. The van der Waals surface area contributed by atoms with Gasteiger partial charge < -0.3 is 34.9 Å². The Labute approximate surface area is 185 Å². The van der Waals surface area contributed by atoms with Gasteiger partial charge in [0.15, 0.2) is 17.1 Å². The molecule has 11 heteroatoms. The van der Waals surface area contributed by atoms with Crippen LogP contribution in [0, 0.1) is 0 Å². The minimum absolute atomic E-state index is 0.170. The minimum Gasteiger partial charge on any atom is -0.488 e. The van der Waals surface area contributed by atoms with Crippen molar-refractivity contribution in [2.45, 2.75) is 33.5 Å². The van der Waals surface area contributed by atoms with Crippen molar-refractivity contribution in [3.8, 4) is 11.5 Å². The second-order valence-corrected chi connectivity index (χ2v) is 7.21. The average molecular weight is 449 g/mol. The monoisotopic (exact) mass is 449 g/mol. The Kier molecular flexibility index (Phi) is 8.45. The smallest absolute Gasteiger partial charge is 0.350 e. The van der Waals surface area contributed by atoms with Gasteiger partial charge in [-0.25, -0.2) is 9.59 Å². The fourth-order valence-corrected chi connectivity index (χ4v) is 2.54. The molecule has 1 aromatic carbocycles. The molecule has 0 saturated carbocycles. The minimum atomic E-state index is -1.32. The van der Waals surface area contributed by atoms with Crippen LogP contribution in [0.4, 0.5) is 5.69 Å². The summed E-state index contributed by atoms with van der Waals surface area (Å²) in [6.45, 7) is 6.72. The van der Waals surface area contributed by atoms with E-state index in [0.29, 0.717) is 23.7 Å². The molecule has 2 amide bonds. The molecular weight excluding hydrogens is 422 g/mol. The zero-order valence-electron chi connectivity index (χ0n) is 18.4. The Hall–Kier alpha value is -3.76. The lowest BCUT2D eigenvalue weighted by Crippen LogP contribution is -2.42. The summed E-state index contributed by atoms with van der Waals surface area (Å²) in [4.78, 5) is 46.1. The molecule has 1 saturated heterocycles. The first-order valence-corrected chi connectivity index (χ1v) is 9.89. The number of ether oxygens (including phenoxy) is 4. The van der Waals surface area contributed by atoms with Crippen molar-refractivity contribution >= 4 is 29.4 Å². The first-order chi connectivity index (χ1) is 15.1. The Morgan fingerprint density at radius 2 is 1.47 bits per heavy atom. The fraction of sp³-hybridized carbons (Fsp3) is 0.429. The van der Waals surface area contributed by atoms with Crippen LogP contribution in [-0.4, -0.2) is 55.8 Å². The predicted molar refractivity (Wildman–Crippen MR) is 113 cm³/mol. The van der Waals surface area contributed by atoms with Crippen LogP contribution in [-0.2, 0) is 28.7 Å². The van der Waals surface area contributed by atoms with E-state index in [2.05, 4.69) is 16.0 Å². The van der Waals surface area contributed by atoms with Gasteiger partial charge in [0.2, 0.25) is 11.8 Å². The number of esters is 2. The molecular formula is C21H27N3O8. The van der Waals surface area contributed by atoms with Gasteiger partial charge in [0.25, 0.3) is 5.79 Å². The lowest BCUT2D eigenvalue weighted by Gasteiger charge is -2.29. The van der Waals surface area contributed by atoms with Crippen molar-refractivity contribution in [2.75, 3.05) is 31.6 Å². The molecule has 0 aromatic heterocycles. The fourth-order valence-electron chi connectivity index (χ4n) is 2.54. The van der Waals surface area contributed by atoms with Gasteiger partial charge in [-0.2, -0.15) is 0 Å². The van der Waals surface area contributed by atoms with E-state index in [1.165, 1.54) is 33.9 Å². The topological polar surface area (TPSA) is 141 Å². The van der Waals surface area contributed by atoms with Crippen molar-refractivity contribution in [1.29, 1.82) is 0 Å². The summed E-state index contributed by atoms with van der Waals surface area (Å²) >= 11 is 0. The number of hydrogen-bond donors (Lipinski definition) is 3. The van der Waals surface area contributed by atoms with E-state index >= 15 is 0 Å². The van der Waals surface area contributed by atoms with Gasteiger partial charge in [-0.15, -0.1) is 0 Å². The highest BCUT2D eigenvalue weighted by Gasteiger charge is 2.38. The largest absolute Gasteiger partial charge is 0.488 e. The first-order valence-electron chi connectivity index (χ1n) is 9.89. The van der Waals surface area contributed by atoms with Gasteiger partial charge in [-0.05, 0) is 12.1 Å². The third-order valence-corrected chi connectivity index (χ3v) is 3.91. The van der Waals surface area contributed by atoms with E-state index in [4.69, 9.17) is 18.9 Å². The molecule has 1 fully saturated rings. The number of carbonyl (C=O) groups excluding carboxylic acids is 4. The molecule has 174 valence electrons. The summed E-state index contributed by atoms with van der Waals surface area (Å²) in [7, 11) is 0. The van der Waals surface area contributed by atoms with Gasteiger partial charge in [0.1, 0.15) is 13.2 Å². The lowest BCUT2D eigenvalue weighted by atomic mass is 10.2. The van der Waals surface area contributed by atoms with Crippen LogP contribution in [0.2, 0.25) is 0 Å². The van der Waals surface area contributed by atoms with Crippen molar-refractivity contribution < 1.29 is 38.1 Å². The third kappa shape index (κ3) is 7.82. The van der Waals surface area contributed by atoms with E-state index < -0.39 is 17.7 Å². The van der Waals surface area contributed by atoms with E-state index in [-0.39, 0.29) is 37.1 Å². The van der Waals surface area contributed by atoms with E-state index in [9.17, 15) is 19.2 Å². The molecule has 2 rings (SSSR count). The molecule has 0 aliphatic carbocycles. The van der Waals surface area contributed by atoms with Crippen LogP contribution >= 0.6 is 0 Å². The van der Waals surface area contributed by atoms with Gasteiger partial charge in [-0.1, -0.05) is 0 Å². The Morgan fingerprint density at radius 3 is 2.00 bits per heavy atom. The molecule has 11 nitrogen and oxygen atoms in total. The van der Waals surface area contributed by atoms with Crippen LogP contribution in [0.25, 0.3) is 0 Å². The van der Waals surface area contributed by atoms with E-state index in [0.717, 1.165) is 0 Å². The van der Waals surface area contributed by atoms with Crippen LogP contribution in [0.1, 0.15) is 27.7 Å². The van der Waals surface area contributed by atoms with Crippen molar-refractivity contribution in [1.82, 2.24) is 10.6 Å². The molecule has 32 heavy (non-hydrogen) atoms. The molecule has 0 radical (unpaired) electrons. The number of anilines is 1. The van der Waals surface area contributed by atoms with Crippen molar-refractivity contribution in [2.24, 2.45) is 0 Å². The molecule has 1 aliphatic rings. The maximum atomic E-state index is 12.0. The number of rotatable bonds is 10. The van der Waals surface area contributed by atoms with Gasteiger partial charge in [-0.3, -0.25) is 9.59 Å². The van der Waals surface area contributed by atoms with Crippen molar-refractivity contribution in [3.63, 3.8) is 0 Å². The third-order valence-electron chi connectivity index (χ3n) is 3.91. The Balaban J connectivity index is 2.10. The Bertz CT molecular complexity index is 888. The molecule has 1 aliphatic heterocycles. The number of cyclic esters (lactones) is 2. The summed E-state index contributed by atoms with van der Waals surface area (Å²) in [5, 5.41) is 8.08. The van der Waals surface area contributed by atoms with Crippen LogP contribution in [0.15, 0.2) is 30.0 Å². The molecule has 0 bridgehead atoms. The number of benzene rings is 1. The zero-order chi connectivity index (χ0) is 23.7. The van der Waals surface area contributed by atoms with E-state index in [1.807, 2.05) is 0 Å². The number of carbonyl (C=O) groups is 4. The number of amides is 2. The first kappa shape index (κ1) is 24.5. The predicted octanol–water partition coefficient (Wildman–Crippen LogP) is 0.848.